The average molecular weight is 343 g/mol. The van der Waals surface area contributed by atoms with Crippen LogP contribution < -0.4 is 14.8 Å². The molecule has 0 radical (unpaired) electrons. The van der Waals surface area contributed by atoms with Gasteiger partial charge in [-0.3, -0.25) is 4.79 Å². The molecule has 1 aromatic heterocycles. The Morgan fingerprint density at radius 1 is 1.24 bits per heavy atom. The lowest BCUT2D eigenvalue weighted by molar-refractivity contribution is 0.0701. The van der Waals surface area contributed by atoms with Gasteiger partial charge in [-0.2, -0.15) is 0 Å². The normalized spacial score (nSPS) is 15.2. The first-order valence-electron chi connectivity index (χ1n) is 8.57. The summed E-state index contributed by atoms with van der Waals surface area (Å²) in [5.41, 5.74) is 1.84. The summed E-state index contributed by atoms with van der Waals surface area (Å²) in [6, 6.07) is 7.83. The lowest BCUT2D eigenvalue weighted by Crippen LogP contribution is -2.44. The molecule has 2 N–H and O–H groups in total. The molecule has 0 saturated carbocycles. The van der Waals surface area contributed by atoms with Gasteiger partial charge in [0.25, 0.3) is 5.91 Å². The number of hydrogen-bond acceptors (Lipinski definition) is 4. The van der Waals surface area contributed by atoms with Crippen molar-refractivity contribution in [2.75, 3.05) is 27.3 Å². The number of likely N-dealkylation sites (tertiary alicyclic amines) is 1. The third-order valence-corrected chi connectivity index (χ3v) is 4.68. The minimum Gasteiger partial charge on any atom is -0.497 e. The first-order valence-corrected chi connectivity index (χ1v) is 8.57. The summed E-state index contributed by atoms with van der Waals surface area (Å²) >= 11 is 0. The second-order valence-electron chi connectivity index (χ2n) is 6.23. The van der Waals surface area contributed by atoms with Crippen molar-refractivity contribution < 1.29 is 14.3 Å². The number of piperidine rings is 1. The highest BCUT2D eigenvalue weighted by atomic mass is 16.5. The van der Waals surface area contributed by atoms with E-state index in [4.69, 9.17) is 9.47 Å². The van der Waals surface area contributed by atoms with Crippen LogP contribution in [-0.2, 0) is 6.54 Å². The Bertz CT molecular complexity index is 692. The number of nitrogens with zero attached hydrogens (tertiary/aromatic N) is 1. The largest absolute Gasteiger partial charge is 0.497 e. The lowest BCUT2D eigenvalue weighted by atomic mass is 10.0. The number of methoxy groups -OCH3 is 2. The van der Waals surface area contributed by atoms with Crippen LogP contribution in [0.4, 0.5) is 0 Å². The van der Waals surface area contributed by atoms with Gasteiger partial charge >= 0.3 is 0 Å². The Labute approximate surface area is 148 Å². The fraction of sp³-hybridized carbons (Fsp3) is 0.421. The van der Waals surface area contributed by atoms with E-state index in [1.807, 2.05) is 17.3 Å². The summed E-state index contributed by atoms with van der Waals surface area (Å²) in [5, 5.41) is 3.56. The van der Waals surface area contributed by atoms with E-state index in [1.165, 1.54) is 5.56 Å². The molecule has 0 spiro atoms. The minimum absolute atomic E-state index is 0.0172. The zero-order valence-electron chi connectivity index (χ0n) is 14.7. The van der Waals surface area contributed by atoms with Crippen molar-refractivity contribution in [3.05, 3.63) is 47.8 Å². The van der Waals surface area contributed by atoms with Crippen LogP contribution in [-0.4, -0.2) is 49.1 Å². The van der Waals surface area contributed by atoms with E-state index in [1.54, 1.807) is 32.4 Å². The smallest absolute Gasteiger partial charge is 0.257 e. The molecule has 2 aromatic rings. The monoisotopic (exact) mass is 343 g/mol. The van der Waals surface area contributed by atoms with Crippen LogP contribution in [0.25, 0.3) is 0 Å². The van der Waals surface area contributed by atoms with E-state index < -0.39 is 0 Å². The SMILES string of the molecule is COc1ccc(C(=O)N2CCC(NCc3cc[nH]c3)CC2)c(OC)c1. The van der Waals surface area contributed by atoms with E-state index >= 15 is 0 Å². The molecule has 0 bridgehead atoms. The molecule has 0 aliphatic carbocycles. The average Bonchev–Trinajstić information content (AvgIpc) is 3.19. The van der Waals surface area contributed by atoms with Crippen LogP contribution in [0.1, 0.15) is 28.8 Å². The molecule has 6 nitrogen and oxygen atoms in total. The van der Waals surface area contributed by atoms with Gasteiger partial charge in [-0.1, -0.05) is 0 Å². The van der Waals surface area contributed by atoms with Crippen molar-refractivity contribution in [2.24, 2.45) is 0 Å². The second-order valence-corrected chi connectivity index (χ2v) is 6.23. The highest BCUT2D eigenvalue weighted by Crippen LogP contribution is 2.26. The molecule has 0 atom stereocenters. The quantitative estimate of drug-likeness (QED) is 0.845. The van der Waals surface area contributed by atoms with Gasteiger partial charge in [0.15, 0.2) is 0 Å². The van der Waals surface area contributed by atoms with Crippen LogP contribution in [0, 0.1) is 0 Å². The molecule has 1 aliphatic rings. The molecule has 2 heterocycles. The number of ether oxygens (including phenoxy) is 2. The maximum atomic E-state index is 12.8. The van der Waals surface area contributed by atoms with Gasteiger partial charge in [-0.05, 0) is 36.6 Å². The first-order chi connectivity index (χ1) is 12.2. The van der Waals surface area contributed by atoms with Crippen LogP contribution in [0.5, 0.6) is 11.5 Å². The van der Waals surface area contributed by atoms with Crippen molar-refractivity contribution >= 4 is 5.91 Å². The van der Waals surface area contributed by atoms with Crippen LogP contribution in [0.3, 0.4) is 0 Å². The number of aromatic nitrogens is 1. The number of aromatic amines is 1. The molecule has 1 saturated heterocycles. The Morgan fingerprint density at radius 2 is 2.04 bits per heavy atom. The lowest BCUT2D eigenvalue weighted by Gasteiger charge is -2.32. The molecular weight excluding hydrogens is 318 g/mol. The van der Waals surface area contributed by atoms with E-state index in [9.17, 15) is 4.79 Å². The van der Waals surface area contributed by atoms with Crippen LogP contribution >= 0.6 is 0 Å². The Morgan fingerprint density at radius 3 is 2.68 bits per heavy atom. The predicted octanol–water partition coefficient (Wildman–Crippen LogP) is 2.43. The van der Waals surface area contributed by atoms with E-state index in [0.29, 0.717) is 23.1 Å². The van der Waals surface area contributed by atoms with Gasteiger partial charge in [0.2, 0.25) is 0 Å². The maximum Gasteiger partial charge on any atom is 0.257 e. The molecular formula is C19H25N3O3. The van der Waals surface area contributed by atoms with Crippen LogP contribution in [0.2, 0.25) is 0 Å². The molecule has 134 valence electrons. The Balaban J connectivity index is 1.56. The first kappa shape index (κ1) is 17.4. The third kappa shape index (κ3) is 4.14. The van der Waals surface area contributed by atoms with Gasteiger partial charge in [-0.25, -0.2) is 0 Å². The topological polar surface area (TPSA) is 66.6 Å². The summed E-state index contributed by atoms with van der Waals surface area (Å²) in [6.07, 6.45) is 5.84. The molecule has 0 unspecified atom stereocenters. The van der Waals surface area contributed by atoms with Gasteiger partial charge in [0.05, 0.1) is 19.8 Å². The van der Waals surface area contributed by atoms with Gasteiger partial charge in [-0.15, -0.1) is 0 Å². The molecule has 1 fully saturated rings. The molecule has 25 heavy (non-hydrogen) atoms. The number of benzene rings is 1. The van der Waals surface area contributed by atoms with Crippen molar-refractivity contribution in [1.29, 1.82) is 0 Å². The number of nitrogens with one attached hydrogen (secondary N) is 2. The summed E-state index contributed by atoms with van der Waals surface area (Å²) < 4.78 is 10.6. The molecule has 3 rings (SSSR count). The number of hydrogen-bond donors (Lipinski definition) is 2. The van der Waals surface area contributed by atoms with Gasteiger partial charge < -0.3 is 24.7 Å². The fourth-order valence-electron chi connectivity index (χ4n) is 3.16. The van der Waals surface area contributed by atoms with Gasteiger partial charge in [0, 0.05) is 44.1 Å². The van der Waals surface area contributed by atoms with Gasteiger partial charge in [0.1, 0.15) is 11.5 Å². The summed E-state index contributed by atoms with van der Waals surface area (Å²) in [6.45, 7) is 2.35. The van der Waals surface area contributed by atoms with Crippen molar-refractivity contribution in [3.63, 3.8) is 0 Å². The highest BCUT2D eigenvalue weighted by Gasteiger charge is 2.25. The van der Waals surface area contributed by atoms with E-state index in [0.717, 1.165) is 32.5 Å². The Hall–Kier alpha value is -2.47. The minimum atomic E-state index is 0.0172. The number of amides is 1. The number of carbonyl (C=O) groups excluding carboxylic acids is 1. The second kappa shape index (κ2) is 8.07. The number of H-pyrrole nitrogens is 1. The molecule has 1 aliphatic heterocycles. The standard InChI is InChI=1S/C19H25N3O3/c1-24-16-3-4-17(18(11-16)25-2)19(23)22-9-6-15(7-10-22)21-13-14-5-8-20-12-14/h3-5,8,11-12,15,20-21H,6-7,9-10,13H2,1-2H3. The third-order valence-electron chi connectivity index (χ3n) is 4.68. The number of carbonyl (C=O) groups is 1. The molecule has 6 heteroatoms. The predicted molar refractivity (Wildman–Crippen MR) is 96.1 cm³/mol. The summed E-state index contributed by atoms with van der Waals surface area (Å²) in [7, 11) is 3.17. The molecule has 1 amide bonds. The summed E-state index contributed by atoms with van der Waals surface area (Å²) in [4.78, 5) is 17.8. The molecule has 1 aromatic carbocycles. The highest BCUT2D eigenvalue weighted by molar-refractivity contribution is 5.97. The van der Waals surface area contributed by atoms with Crippen molar-refractivity contribution in [1.82, 2.24) is 15.2 Å². The number of rotatable bonds is 6. The summed E-state index contributed by atoms with van der Waals surface area (Å²) in [5.74, 6) is 1.25. The van der Waals surface area contributed by atoms with E-state index in [2.05, 4.69) is 16.4 Å². The fourth-order valence-corrected chi connectivity index (χ4v) is 3.16. The maximum absolute atomic E-state index is 12.8. The zero-order valence-corrected chi connectivity index (χ0v) is 14.7. The van der Waals surface area contributed by atoms with Crippen molar-refractivity contribution in [3.8, 4) is 11.5 Å². The van der Waals surface area contributed by atoms with Crippen LogP contribution in [0.15, 0.2) is 36.7 Å². The Kier molecular flexibility index (Phi) is 5.60. The van der Waals surface area contributed by atoms with Crippen molar-refractivity contribution in [2.45, 2.75) is 25.4 Å². The van der Waals surface area contributed by atoms with E-state index in [-0.39, 0.29) is 5.91 Å². The zero-order chi connectivity index (χ0) is 17.6.